The number of H-pyrrole nitrogens is 1. The molecule has 0 fully saturated rings. The molecular formula is C8H11N3. The van der Waals surface area contributed by atoms with E-state index >= 15 is 0 Å². The number of aryl methyl sites for hydroxylation is 1. The summed E-state index contributed by atoms with van der Waals surface area (Å²) in [6.07, 6.45) is 9.08. The third kappa shape index (κ3) is 3.25. The highest BCUT2D eigenvalue weighted by molar-refractivity contribution is 4.88. The van der Waals surface area contributed by atoms with Crippen molar-refractivity contribution in [2.75, 3.05) is 0 Å². The summed E-state index contributed by atoms with van der Waals surface area (Å²) in [6.45, 7) is 0. The fraction of sp³-hybridized carbons (Fsp3) is 0.125. The van der Waals surface area contributed by atoms with Crippen LogP contribution in [0.4, 0.5) is 0 Å². The summed E-state index contributed by atoms with van der Waals surface area (Å²) >= 11 is 0. The molecule has 2 rings (SSSR count). The topological polar surface area (TPSA) is 33.6 Å². The lowest BCUT2D eigenvalue weighted by atomic mass is 10.7. The Bertz CT molecular complexity index is 227. The van der Waals surface area contributed by atoms with Crippen LogP contribution in [0.2, 0.25) is 0 Å². The molecule has 0 atom stereocenters. The molecule has 0 aliphatic rings. The molecule has 58 valence electrons. The molecule has 3 nitrogen and oxygen atoms in total. The first-order chi connectivity index (χ1) is 5.39. The summed E-state index contributed by atoms with van der Waals surface area (Å²) in [6, 6.07) is 4.00. The zero-order valence-corrected chi connectivity index (χ0v) is 6.44. The first-order valence-electron chi connectivity index (χ1n) is 3.39. The first kappa shape index (κ1) is 7.60. The van der Waals surface area contributed by atoms with E-state index in [9.17, 15) is 0 Å². The molecule has 2 aromatic rings. The lowest BCUT2D eigenvalue weighted by Crippen LogP contribution is -1.75. The predicted octanol–water partition coefficient (Wildman–Crippen LogP) is 1.43. The minimum absolute atomic E-state index is 1.62. The van der Waals surface area contributed by atoms with Crippen molar-refractivity contribution in [1.82, 2.24) is 14.5 Å². The van der Waals surface area contributed by atoms with Gasteiger partial charge in [0.15, 0.2) is 0 Å². The number of hydrogen-bond donors (Lipinski definition) is 1. The third-order valence-electron chi connectivity index (χ3n) is 1.16. The summed E-state index contributed by atoms with van der Waals surface area (Å²) in [5.41, 5.74) is 0. The maximum Gasteiger partial charge on any atom is 0.0919 e. The van der Waals surface area contributed by atoms with Crippen LogP contribution in [0.5, 0.6) is 0 Å². The van der Waals surface area contributed by atoms with Gasteiger partial charge in [-0.1, -0.05) is 0 Å². The highest BCUT2D eigenvalue weighted by Crippen LogP contribution is 1.80. The van der Waals surface area contributed by atoms with Crippen LogP contribution in [0.3, 0.4) is 0 Å². The van der Waals surface area contributed by atoms with E-state index in [1.54, 1.807) is 18.7 Å². The van der Waals surface area contributed by atoms with Gasteiger partial charge in [-0.25, -0.2) is 4.98 Å². The van der Waals surface area contributed by atoms with Gasteiger partial charge in [0.05, 0.1) is 6.33 Å². The van der Waals surface area contributed by atoms with E-state index in [1.807, 2.05) is 36.1 Å². The monoisotopic (exact) mass is 149 g/mol. The SMILES string of the molecule is Cn1cccc1.c1c[nH]cn1. The molecule has 2 heterocycles. The molecule has 0 saturated carbocycles. The van der Waals surface area contributed by atoms with Crippen LogP contribution in [0.1, 0.15) is 0 Å². The van der Waals surface area contributed by atoms with Gasteiger partial charge in [-0.15, -0.1) is 0 Å². The van der Waals surface area contributed by atoms with Crippen LogP contribution in [0.25, 0.3) is 0 Å². The molecule has 3 heteroatoms. The lowest BCUT2D eigenvalue weighted by Gasteiger charge is -1.79. The summed E-state index contributed by atoms with van der Waals surface area (Å²) in [5.74, 6) is 0. The Balaban J connectivity index is 0.000000112. The van der Waals surface area contributed by atoms with Crippen LogP contribution < -0.4 is 0 Å². The Morgan fingerprint density at radius 2 is 2.00 bits per heavy atom. The van der Waals surface area contributed by atoms with E-state index in [-0.39, 0.29) is 0 Å². The number of imidazole rings is 1. The smallest absolute Gasteiger partial charge is 0.0919 e. The molecule has 0 spiro atoms. The van der Waals surface area contributed by atoms with Crippen molar-refractivity contribution in [3.05, 3.63) is 43.2 Å². The summed E-state index contributed by atoms with van der Waals surface area (Å²) in [7, 11) is 2.00. The molecule has 0 radical (unpaired) electrons. The third-order valence-corrected chi connectivity index (χ3v) is 1.16. The minimum Gasteiger partial charge on any atom is -0.357 e. The molecule has 0 aliphatic carbocycles. The van der Waals surface area contributed by atoms with Crippen molar-refractivity contribution in [2.24, 2.45) is 7.05 Å². The number of aromatic amines is 1. The normalized spacial score (nSPS) is 8.45. The predicted molar refractivity (Wildman–Crippen MR) is 44.0 cm³/mol. The molecule has 0 amide bonds. The van der Waals surface area contributed by atoms with E-state index < -0.39 is 0 Å². The minimum atomic E-state index is 1.62. The molecule has 11 heavy (non-hydrogen) atoms. The Kier molecular flexibility index (Phi) is 2.99. The van der Waals surface area contributed by atoms with Crippen molar-refractivity contribution >= 4 is 0 Å². The number of rotatable bonds is 0. The van der Waals surface area contributed by atoms with E-state index in [0.717, 1.165) is 0 Å². The molecule has 0 saturated heterocycles. The van der Waals surface area contributed by atoms with Crippen LogP contribution in [0.15, 0.2) is 43.2 Å². The fourth-order valence-corrected chi connectivity index (χ4v) is 0.636. The van der Waals surface area contributed by atoms with Gasteiger partial charge >= 0.3 is 0 Å². The van der Waals surface area contributed by atoms with Crippen LogP contribution in [-0.2, 0) is 7.05 Å². The number of nitrogens with zero attached hydrogens (tertiary/aromatic N) is 2. The zero-order valence-electron chi connectivity index (χ0n) is 6.44. The highest BCUT2D eigenvalue weighted by atomic mass is 14.9. The fourth-order valence-electron chi connectivity index (χ4n) is 0.636. The van der Waals surface area contributed by atoms with Crippen molar-refractivity contribution in [1.29, 1.82) is 0 Å². The van der Waals surface area contributed by atoms with Gasteiger partial charge in [0.2, 0.25) is 0 Å². The van der Waals surface area contributed by atoms with Gasteiger partial charge in [-0.2, -0.15) is 0 Å². The van der Waals surface area contributed by atoms with Crippen LogP contribution in [0, 0.1) is 0 Å². The molecule has 2 aromatic heterocycles. The maximum atomic E-state index is 3.67. The van der Waals surface area contributed by atoms with Gasteiger partial charge in [0, 0.05) is 31.8 Å². The molecule has 0 unspecified atom stereocenters. The van der Waals surface area contributed by atoms with Crippen molar-refractivity contribution in [3.8, 4) is 0 Å². The van der Waals surface area contributed by atoms with E-state index in [4.69, 9.17) is 0 Å². The number of aromatic nitrogens is 3. The van der Waals surface area contributed by atoms with Crippen LogP contribution in [-0.4, -0.2) is 14.5 Å². The van der Waals surface area contributed by atoms with Gasteiger partial charge < -0.3 is 9.55 Å². The van der Waals surface area contributed by atoms with E-state index in [0.29, 0.717) is 0 Å². The average Bonchev–Trinajstić information content (AvgIpc) is 2.57. The number of hydrogen-bond acceptors (Lipinski definition) is 1. The quantitative estimate of drug-likeness (QED) is 0.604. The second kappa shape index (κ2) is 4.33. The van der Waals surface area contributed by atoms with Crippen molar-refractivity contribution in [2.45, 2.75) is 0 Å². The van der Waals surface area contributed by atoms with Crippen molar-refractivity contribution < 1.29 is 0 Å². The standard InChI is InChI=1S/C5H7N.C3H4N2/c1-6-4-2-3-5-6;1-2-5-3-4-1/h2-5H,1H3;1-3H,(H,4,5). The average molecular weight is 149 g/mol. The van der Waals surface area contributed by atoms with Gasteiger partial charge in [0.25, 0.3) is 0 Å². The molecule has 0 aliphatic heterocycles. The second-order valence-electron chi connectivity index (χ2n) is 2.11. The summed E-state index contributed by atoms with van der Waals surface area (Å²) < 4.78 is 2.00. The Morgan fingerprint density at radius 3 is 2.18 bits per heavy atom. The van der Waals surface area contributed by atoms with E-state index in [1.165, 1.54) is 0 Å². The Morgan fingerprint density at radius 1 is 1.27 bits per heavy atom. The maximum absolute atomic E-state index is 3.67. The second-order valence-corrected chi connectivity index (χ2v) is 2.11. The summed E-state index contributed by atoms with van der Waals surface area (Å²) in [5, 5.41) is 0. The lowest BCUT2D eigenvalue weighted by molar-refractivity contribution is 0.928. The molecule has 0 aromatic carbocycles. The zero-order chi connectivity index (χ0) is 7.94. The molecule has 0 bridgehead atoms. The van der Waals surface area contributed by atoms with Gasteiger partial charge in [0.1, 0.15) is 0 Å². The molecule has 1 N–H and O–H groups in total. The highest BCUT2D eigenvalue weighted by Gasteiger charge is 1.68. The van der Waals surface area contributed by atoms with Gasteiger partial charge in [-0.3, -0.25) is 0 Å². The van der Waals surface area contributed by atoms with Crippen molar-refractivity contribution in [3.63, 3.8) is 0 Å². The van der Waals surface area contributed by atoms with Gasteiger partial charge in [-0.05, 0) is 12.1 Å². The summed E-state index contributed by atoms with van der Waals surface area (Å²) in [4.78, 5) is 6.42. The molecular weight excluding hydrogens is 138 g/mol. The Labute approximate surface area is 65.7 Å². The Hall–Kier alpha value is -1.51. The first-order valence-corrected chi connectivity index (χ1v) is 3.39. The van der Waals surface area contributed by atoms with E-state index in [2.05, 4.69) is 9.97 Å². The number of nitrogens with one attached hydrogen (secondary N) is 1. The van der Waals surface area contributed by atoms with Crippen LogP contribution >= 0.6 is 0 Å². The largest absolute Gasteiger partial charge is 0.357 e.